The fraction of sp³-hybridized carbons (Fsp3) is 0.960. The second kappa shape index (κ2) is 13.6. The monoisotopic (exact) mass is 423 g/mol. The lowest BCUT2D eigenvalue weighted by atomic mass is 9.75. The predicted octanol–water partition coefficient (Wildman–Crippen LogP) is 5.65. The number of piperidine rings is 1. The minimum Gasteiger partial charge on any atom is -0.409 e. The molecule has 5 heteroatoms. The molecule has 5 nitrogen and oxygen atoms in total. The zero-order chi connectivity index (χ0) is 21.9. The molecule has 1 aliphatic carbocycles. The highest BCUT2D eigenvalue weighted by Crippen LogP contribution is 2.42. The van der Waals surface area contributed by atoms with Gasteiger partial charge in [0.2, 0.25) is 0 Å². The van der Waals surface area contributed by atoms with E-state index in [-0.39, 0.29) is 5.92 Å². The Kier molecular flexibility index (Phi) is 11.5. The van der Waals surface area contributed by atoms with E-state index in [0.717, 1.165) is 50.2 Å². The fourth-order valence-corrected chi connectivity index (χ4v) is 5.60. The number of oxime groups is 1. The number of nitrogens with zero attached hydrogens (tertiary/aromatic N) is 2. The molecule has 0 aromatic heterocycles. The number of likely N-dealkylation sites (tertiary alicyclic amines) is 1. The molecule has 0 spiro atoms. The summed E-state index contributed by atoms with van der Waals surface area (Å²) >= 11 is 0. The van der Waals surface area contributed by atoms with Gasteiger partial charge in [-0.3, -0.25) is 0 Å². The minimum atomic E-state index is 0.245. The van der Waals surface area contributed by atoms with Crippen LogP contribution in [-0.2, 0) is 4.74 Å². The van der Waals surface area contributed by atoms with Crippen molar-refractivity contribution in [3.05, 3.63) is 0 Å². The third-order valence-electron chi connectivity index (χ3n) is 7.68. The summed E-state index contributed by atoms with van der Waals surface area (Å²) < 4.78 is 6.41. The Hall–Kier alpha value is -0.810. The van der Waals surface area contributed by atoms with Crippen LogP contribution in [0.15, 0.2) is 5.16 Å². The Bertz CT molecular complexity index is 489. The van der Waals surface area contributed by atoms with Gasteiger partial charge in [-0.25, -0.2) is 0 Å². The van der Waals surface area contributed by atoms with E-state index in [1.165, 1.54) is 57.8 Å². The van der Waals surface area contributed by atoms with E-state index in [2.05, 4.69) is 37.8 Å². The smallest absolute Gasteiger partial charge is 0.142 e. The molecule has 2 aliphatic heterocycles. The summed E-state index contributed by atoms with van der Waals surface area (Å²) in [7, 11) is 0. The number of rotatable bonds is 8. The SMILES string of the molecule is CCC(C)CC1CCC2OC(CN3CCC(/C(N)=N/O)CC3)CC2C1.CCCCC. The van der Waals surface area contributed by atoms with Crippen LogP contribution in [0.2, 0.25) is 0 Å². The number of unbranched alkanes of at least 4 members (excludes halogenated alkanes) is 2. The van der Waals surface area contributed by atoms with Gasteiger partial charge in [-0.05, 0) is 75.8 Å². The first-order valence-corrected chi connectivity index (χ1v) is 12.9. The minimum absolute atomic E-state index is 0.245. The van der Waals surface area contributed by atoms with Gasteiger partial charge >= 0.3 is 0 Å². The number of hydrogen-bond acceptors (Lipinski definition) is 4. The van der Waals surface area contributed by atoms with Gasteiger partial charge in [0.05, 0.1) is 12.2 Å². The Morgan fingerprint density at radius 1 is 1.10 bits per heavy atom. The first-order chi connectivity index (χ1) is 14.5. The summed E-state index contributed by atoms with van der Waals surface area (Å²) in [6, 6.07) is 0. The molecule has 5 unspecified atom stereocenters. The van der Waals surface area contributed by atoms with Gasteiger partial charge < -0.3 is 20.6 Å². The number of nitrogens with two attached hydrogens (primary N) is 1. The van der Waals surface area contributed by atoms with Gasteiger partial charge in [-0.2, -0.15) is 0 Å². The maximum Gasteiger partial charge on any atom is 0.142 e. The average Bonchev–Trinajstić information content (AvgIpc) is 3.16. The molecule has 2 heterocycles. The Morgan fingerprint density at radius 3 is 2.37 bits per heavy atom. The van der Waals surface area contributed by atoms with Crippen molar-refractivity contribution in [2.75, 3.05) is 19.6 Å². The molecule has 3 fully saturated rings. The van der Waals surface area contributed by atoms with E-state index in [9.17, 15) is 0 Å². The molecule has 5 atom stereocenters. The molecule has 0 aromatic rings. The van der Waals surface area contributed by atoms with Gasteiger partial charge in [0, 0.05) is 12.5 Å². The molecule has 3 rings (SSSR count). The molecule has 0 amide bonds. The molecule has 0 radical (unpaired) electrons. The third-order valence-corrected chi connectivity index (χ3v) is 7.68. The van der Waals surface area contributed by atoms with Crippen molar-refractivity contribution in [2.45, 2.75) is 111 Å². The van der Waals surface area contributed by atoms with Crippen LogP contribution in [0.25, 0.3) is 0 Å². The van der Waals surface area contributed by atoms with E-state index in [1.54, 1.807) is 0 Å². The van der Waals surface area contributed by atoms with Crippen LogP contribution in [-0.4, -0.2) is 47.8 Å². The van der Waals surface area contributed by atoms with Gasteiger partial charge in [-0.1, -0.05) is 58.5 Å². The third kappa shape index (κ3) is 8.03. The molecule has 2 saturated heterocycles. The van der Waals surface area contributed by atoms with Crippen LogP contribution in [0.1, 0.15) is 98.3 Å². The summed E-state index contributed by atoms with van der Waals surface area (Å²) in [6.45, 7) is 12.3. The van der Waals surface area contributed by atoms with Crippen LogP contribution in [0, 0.1) is 23.7 Å². The molecule has 3 N–H and O–H groups in total. The van der Waals surface area contributed by atoms with Crippen LogP contribution in [0.5, 0.6) is 0 Å². The van der Waals surface area contributed by atoms with Crippen LogP contribution < -0.4 is 5.73 Å². The molecule has 176 valence electrons. The van der Waals surface area contributed by atoms with Crippen molar-refractivity contribution in [1.82, 2.24) is 4.90 Å². The van der Waals surface area contributed by atoms with Crippen molar-refractivity contribution < 1.29 is 9.94 Å². The standard InChI is InChI=1S/C20H37N3O2.C5H12/c1-3-14(2)10-15-4-5-19-17(11-15)12-18(25-19)13-23-8-6-16(7-9-23)20(21)22-24;1-3-5-4-2/h14-19,24H,3-13H2,1-2H3,(H2,21,22);3-5H2,1-2H3. The lowest BCUT2D eigenvalue weighted by molar-refractivity contribution is -0.00771. The van der Waals surface area contributed by atoms with Crippen molar-refractivity contribution in [1.29, 1.82) is 0 Å². The van der Waals surface area contributed by atoms with E-state index in [0.29, 0.717) is 18.0 Å². The molecule has 30 heavy (non-hydrogen) atoms. The normalized spacial score (nSPS) is 31.7. The quantitative estimate of drug-likeness (QED) is 0.229. The zero-order valence-electron chi connectivity index (χ0n) is 20.2. The van der Waals surface area contributed by atoms with Crippen molar-refractivity contribution in [3.8, 4) is 0 Å². The molecule has 0 aromatic carbocycles. The zero-order valence-corrected chi connectivity index (χ0v) is 20.2. The van der Waals surface area contributed by atoms with Crippen molar-refractivity contribution in [2.24, 2.45) is 34.6 Å². The summed E-state index contributed by atoms with van der Waals surface area (Å²) in [6.07, 6.45) is 15.0. The summed E-state index contributed by atoms with van der Waals surface area (Å²) in [5, 5.41) is 12.0. The summed E-state index contributed by atoms with van der Waals surface area (Å²) in [4.78, 5) is 2.51. The Morgan fingerprint density at radius 2 is 1.80 bits per heavy atom. The van der Waals surface area contributed by atoms with E-state index in [4.69, 9.17) is 15.7 Å². The Labute approximate surface area is 185 Å². The largest absolute Gasteiger partial charge is 0.409 e. The summed E-state index contributed by atoms with van der Waals surface area (Å²) in [5.41, 5.74) is 5.75. The van der Waals surface area contributed by atoms with E-state index >= 15 is 0 Å². The number of ether oxygens (including phenoxy) is 1. The maximum absolute atomic E-state index is 8.82. The second-order valence-electron chi connectivity index (χ2n) is 10.2. The lowest BCUT2D eigenvalue weighted by Gasteiger charge is -2.33. The van der Waals surface area contributed by atoms with E-state index in [1.807, 2.05) is 0 Å². The second-order valence-corrected chi connectivity index (χ2v) is 10.2. The van der Waals surface area contributed by atoms with Crippen molar-refractivity contribution >= 4 is 5.84 Å². The number of amidine groups is 1. The highest BCUT2D eigenvalue weighted by Gasteiger charge is 2.40. The molecular weight excluding hydrogens is 374 g/mol. The topological polar surface area (TPSA) is 71.1 Å². The lowest BCUT2D eigenvalue weighted by Crippen LogP contribution is -2.42. The molecular formula is C25H49N3O2. The maximum atomic E-state index is 8.82. The van der Waals surface area contributed by atoms with Crippen LogP contribution in [0.3, 0.4) is 0 Å². The van der Waals surface area contributed by atoms with Gasteiger partial charge in [0.25, 0.3) is 0 Å². The number of hydrogen-bond donors (Lipinski definition) is 2. The average molecular weight is 424 g/mol. The van der Waals surface area contributed by atoms with E-state index < -0.39 is 0 Å². The van der Waals surface area contributed by atoms with Crippen molar-refractivity contribution in [3.63, 3.8) is 0 Å². The highest BCUT2D eigenvalue weighted by atomic mass is 16.5. The predicted molar refractivity (Wildman–Crippen MR) is 126 cm³/mol. The molecule has 0 bridgehead atoms. The molecule has 1 saturated carbocycles. The van der Waals surface area contributed by atoms with Crippen LogP contribution in [0.4, 0.5) is 0 Å². The molecule has 3 aliphatic rings. The summed E-state index contributed by atoms with van der Waals surface area (Å²) in [5.74, 6) is 3.23. The first kappa shape index (κ1) is 25.5. The van der Waals surface area contributed by atoms with Gasteiger partial charge in [0.1, 0.15) is 5.84 Å². The first-order valence-electron chi connectivity index (χ1n) is 12.9. The van der Waals surface area contributed by atoms with Gasteiger partial charge in [-0.15, -0.1) is 0 Å². The van der Waals surface area contributed by atoms with Gasteiger partial charge in [0.15, 0.2) is 0 Å². The highest BCUT2D eigenvalue weighted by molar-refractivity contribution is 5.82. The fourth-order valence-electron chi connectivity index (χ4n) is 5.60. The Balaban J connectivity index is 0.000000575. The van der Waals surface area contributed by atoms with Crippen LogP contribution >= 0.6 is 0 Å². The number of fused-ring (bicyclic) bond motifs is 1.